The average molecular weight is 418 g/mol. The summed E-state index contributed by atoms with van der Waals surface area (Å²) >= 11 is 0. The van der Waals surface area contributed by atoms with Gasteiger partial charge < -0.3 is 15.0 Å². The molecule has 3 rings (SSSR count). The highest BCUT2D eigenvalue weighted by Crippen LogP contribution is 2.43. The van der Waals surface area contributed by atoms with Crippen LogP contribution in [-0.2, 0) is 4.79 Å². The molecule has 5 heteroatoms. The SMILES string of the molecule is CCOc1ccc(NC(=O)/C(C#N)=C\c2cc3c(cc2C)N(C)C(C)(C)C[C@@H]3C)cc1. The summed E-state index contributed by atoms with van der Waals surface area (Å²) in [6.45, 7) is 11.3. The third-order valence-corrected chi connectivity index (χ3v) is 6.11. The zero-order valence-corrected chi connectivity index (χ0v) is 19.2. The molecule has 1 atom stereocenters. The number of carbonyl (C=O) groups is 1. The quantitative estimate of drug-likeness (QED) is 0.503. The molecule has 1 heterocycles. The van der Waals surface area contributed by atoms with Crippen LogP contribution in [-0.4, -0.2) is 25.1 Å². The summed E-state index contributed by atoms with van der Waals surface area (Å²) in [5, 5.41) is 12.4. The number of nitriles is 1. The second-order valence-corrected chi connectivity index (χ2v) is 8.83. The molecule has 0 saturated carbocycles. The number of fused-ring (bicyclic) bond motifs is 1. The Labute approximate surface area is 185 Å². The zero-order valence-electron chi connectivity index (χ0n) is 19.2. The molecular formula is C26H31N3O2. The van der Waals surface area contributed by atoms with Crippen molar-refractivity contribution in [1.29, 1.82) is 5.26 Å². The predicted molar refractivity (Wildman–Crippen MR) is 127 cm³/mol. The van der Waals surface area contributed by atoms with Crippen LogP contribution in [0.5, 0.6) is 5.75 Å². The van der Waals surface area contributed by atoms with Crippen molar-refractivity contribution in [2.24, 2.45) is 0 Å². The molecule has 31 heavy (non-hydrogen) atoms. The van der Waals surface area contributed by atoms with Crippen LogP contribution in [0, 0.1) is 18.3 Å². The lowest BCUT2D eigenvalue weighted by molar-refractivity contribution is -0.112. The molecule has 0 radical (unpaired) electrons. The van der Waals surface area contributed by atoms with Crippen LogP contribution in [0.2, 0.25) is 0 Å². The molecule has 0 aliphatic carbocycles. The van der Waals surface area contributed by atoms with Gasteiger partial charge in [-0.1, -0.05) is 6.92 Å². The minimum absolute atomic E-state index is 0.0779. The molecule has 5 nitrogen and oxygen atoms in total. The van der Waals surface area contributed by atoms with Crippen molar-refractivity contribution in [2.75, 3.05) is 23.9 Å². The maximum absolute atomic E-state index is 12.7. The van der Waals surface area contributed by atoms with Crippen LogP contribution in [0.25, 0.3) is 6.08 Å². The van der Waals surface area contributed by atoms with Crippen molar-refractivity contribution < 1.29 is 9.53 Å². The van der Waals surface area contributed by atoms with E-state index in [-0.39, 0.29) is 11.1 Å². The van der Waals surface area contributed by atoms with E-state index in [2.05, 4.69) is 56.2 Å². The van der Waals surface area contributed by atoms with E-state index < -0.39 is 5.91 Å². The maximum atomic E-state index is 12.7. The summed E-state index contributed by atoms with van der Waals surface area (Å²) in [5.41, 5.74) is 5.20. The monoisotopic (exact) mass is 417 g/mol. The number of anilines is 2. The van der Waals surface area contributed by atoms with Gasteiger partial charge in [0.05, 0.1) is 6.61 Å². The largest absolute Gasteiger partial charge is 0.494 e. The van der Waals surface area contributed by atoms with Crippen molar-refractivity contribution >= 4 is 23.4 Å². The number of carbonyl (C=O) groups excluding carboxylic acids is 1. The molecule has 1 amide bonds. The lowest BCUT2D eigenvalue weighted by atomic mass is 9.79. The summed E-state index contributed by atoms with van der Waals surface area (Å²) in [7, 11) is 2.13. The highest BCUT2D eigenvalue weighted by atomic mass is 16.5. The van der Waals surface area contributed by atoms with E-state index in [9.17, 15) is 10.1 Å². The molecule has 2 aromatic carbocycles. The van der Waals surface area contributed by atoms with Gasteiger partial charge in [0, 0.05) is 24.0 Å². The van der Waals surface area contributed by atoms with E-state index in [1.165, 1.54) is 11.3 Å². The Balaban J connectivity index is 1.88. The third kappa shape index (κ3) is 4.74. The Morgan fingerprint density at radius 1 is 1.32 bits per heavy atom. The van der Waals surface area contributed by atoms with Gasteiger partial charge in [0.25, 0.3) is 5.91 Å². The fraction of sp³-hybridized carbons (Fsp3) is 0.385. The summed E-state index contributed by atoms with van der Waals surface area (Å²) in [6.07, 6.45) is 2.73. The van der Waals surface area contributed by atoms with E-state index in [0.29, 0.717) is 18.2 Å². The Hall–Kier alpha value is -3.26. The van der Waals surface area contributed by atoms with Crippen molar-refractivity contribution in [3.63, 3.8) is 0 Å². The first-order valence-electron chi connectivity index (χ1n) is 10.7. The van der Waals surface area contributed by atoms with Gasteiger partial charge in [-0.25, -0.2) is 0 Å². The first-order chi connectivity index (χ1) is 14.7. The van der Waals surface area contributed by atoms with Crippen molar-refractivity contribution in [3.05, 3.63) is 58.7 Å². The second-order valence-electron chi connectivity index (χ2n) is 8.83. The van der Waals surface area contributed by atoms with Crippen LogP contribution in [0.4, 0.5) is 11.4 Å². The van der Waals surface area contributed by atoms with E-state index >= 15 is 0 Å². The molecule has 0 unspecified atom stereocenters. The number of amides is 1. The van der Waals surface area contributed by atoms with Crippen molar-refractivity contribution in [2.45, 2.75) is 52.5 Å². The molecule has 162 valence electrons. The van der Waals surface area contributed by atoms with Gasteiger partial charge in [-0.3, -0.25) is 4.79 Å². The number of rotatable bonds is 5. The molecule has 1 aliphatic heterocycles. The zero-order chi connectivity index (χ0) is 22.8. The van der Waals surface area contributed by atoms with Gasteiger partial charge >= 0.3 is 0 Å². The summed E-state index contributed by atoms with van der Waals surface area (Å²) < 4.78 is 5.42. The minimum atomic E-state index is -0.421. The molecule has 0 aromatic heterocycles. The first kappa shape index (κ1) is 22.4. The Morgan fingerprint density at radius 3 is 2.61 bits per heavy atom. The molecule has 0 bridgehead atoms. The fourth-order valence-corrected chi connectivity index (χ4v) is 4.19. The van der Waals surface area contributed by atoms with Gasteiger partial charge in [-0.15, -0.1) is 0 Å². The molecular weight excluding hydrogens is 386 g/mol. The fourth-order valence-electron chi connectivity index (χ4n) is 4.19. The number of hydrogen-bond acceptors (Lipinski definition) is 4. The van der Waals surface area contributed by atoms with Gasteiger partial charge in [0.1, 0.15) is 17.4 Å². The number of aryl methyl sites for hydroxylation is 1. The molecule has 0 saturated heterocycles. The Bertz CT molecular complexity index is 1050. The van der Waals surface area contributed by atoms with Crippen LogP contribution >= 0.6 is 0 Å². The Morgan fingerprint density at radius 2 is 2.00 bits per heavy atom. The third-order valence-electron chi connectivity index (χ3n) is 6.11. The van der Waals surface area contributed by atoms with Crippen molar-refractivity contribution in [3.8, 4) is 11.8 Å². The number of nitrogens with zero attached hydrogens (tertiary/aromatic N) is 2. The standard InChI is InChI=1S/C26H31N3O2/c1-7-31-22-10-8-21(9-11-22)28-25(30)20(16-27)13-19-14-23-18(3)15-26(4,5)29(6)24(23)12-17(19)2/h8-14,18H,7,15H2,1-6H3,(H,28,30)/b20-13-/t18-/m0/s1. The van der Waals surface area contributed by atoms with Crippen molar-refractivity contribution in [1.82, 2.24) is 0 Å². The van der Waals surface area contributed by atoms with Gasteiger partial charge in [-0.2, -0.15) is 5.26 Å². The Kier molecular flexibility index (Phi) is 6.40. The highest BCUT2D eigenvalue weighted by Gasteiger charge is 2.34. The molecule has 0 spiro atoms. The maximum Gasteiger partial charge on any atom is 0.266 e. The lowest BCUT2D eigenvalue weighted by Crippen LogP contribution is -2.45. The number of nitrogens with one attached hydrogen (secondary N) is 1. The van der Waals surface area contributed by atoms with E-state index in [4.69, 9.17) is 4.74 Å². The molecule has 2 aromatic rings. The molecule has 1 aliphatic rings. The van der Waals surface area contributed by atoms with Gasteiger partial charge in [0.2, 0.25) is 0 Å². The lowest BCUT2D eigenvalue weighted by Gasteiger charge is -2.45. The minimum Gasteiger partial charge on any atom is -0.494 e. The number of benzene rings is 2. The van der Waals surface area contributed by atoms with Crippen LogP contribution in [0.3, 0.4) is 0 Å². The van der Waals surface area contributed by atoms with Crippen LogP contribution in [0.1, 0.15) is 56.7 Å². The van der Waals surface area contributed by atoms with Gasteiger partial charge in [0.15, 0.2) is 0 Å². The normalized spacial score (nSPS) is 17.5. The average Bonchev–Trinajstić information content (AvgIpc) is 2.72. The van der Waals surface area contributed by atoms with E-state index in [1.807, 2.05) is 13.8 Å². The van der Waals surface area contributed by atoms with E-state index in [1.54, 1.807) is 30.3 Å². The second kappa shape index (κ2) is 8.85. The predicted octanol–water partition coefficient (Wildman–Crippen LogP) is 5.66. The summed E-state index contributed by atoms with van der Waals surface area (Å²) in [4.78, 5) is 15.0. The summed E-state index contributed by atoms with van der Waals surface area (Å²) in [6, 6.07) is 13.5. The molecule has 1 N–H and O–H groups in total. The molecule has 0 fully saturated rings. The smallest absolute Gasteiger partial charge is 0.266 e. The summed E-state index contributed by atoms with van der Waals surface area (Å²) in [5.74, 6) is 0.718. The van der Waals surface area contributed by atoms with Crippen LogP contribution in [0.15, 0.2) is 42.0 Å². The first-order valence-corrected chi connectivity index (χ1v) is 10.7. The van der Waals surface area contributed by atoms with Crippen LogP contribution < -0.4 is 15.0 Å². The number of ether oxygens (including phenoxy) is 1. The topological polar surface area (TPSA) is 65.4 Å². The highest BCUT2D eigenvalue weighted by molar-refractivity contribution is 6.09. The number of hydrogen-bond donors (Lipinski definition) is 1. The van der Waals surface area contributed by atoms with E-state index in [0.717, 1.165) is 23.3 Å². The van der Waals surface area contributed by atoms with Gasteiger partial charge in [-0.05, 0) is 99.2 Å².